The molecule has 0 fully saturated rings. The zero-order valence-corrected chi connectivity index (χ0v) is 12.1. The number of nitrogens with zero attached hydrogens (tertiary/aromatic N) is 1. The average molecular weight is 292 g/mol. The number of allylic oxidation sites excluding steroid dienone is 2. The van der Waals surface area contributed by atoms with Gasteiger partial charge >= 0.3 is 0 Å². The summed E-state index contributed by atoms with van der Waals surface area (Å²) < 4.78 is 0. The van der Waals surface area contributed by atoms with Crippen LogP contribution in [0.4, 0.5) is 0 Å². The topological polar surface area (TPSA) is 23.8 Å². The van der Waals surface area contributed by atoms with E-state index < -0.39 is 0 Å². The molecule has 2 aliphatic carbocycles. The van der Waals surface area contributed by atoms with Gasteiger partial charge in [-0.1, -0.05) is 35.3 Å². The van der Waals surface area contributed by atoms with E-state index in [-0.39, 0.29) is 5.92 Å². The van der Waals surface area contributed by atoms with Crippen LogP contribution in [0.1, 0.15) is 36.3 Å². The van der Waals surface area contributed by atoms with E-state index in [0.717, 1.165) is 35.7 Å². The molecular formula is C16H15Cl2N. The van der Waals surface area contributed by atoms with Gasteiger partial charge < -0.3 is 0 Å². The van der Waals surface area contributed by atoms with E-state index in [1.807, 2.05) is 18.2 Å². The molecule has 0 aromatic heterocycles. The van der Waals surface area contributed by atoms with Crippen molar-refractivity contribution in [1.82, 2.24) is 0 Å². The molecule has 3 atom stereocenters. The van der Waals surface area contributed by atoms with Crippen LogP contribution in [-0.2, 0) is 6.42 Å². The summed E-state index contributed by atoms with van der Waals surface area (Å²) in [6.07, 6.45) is 6.14. The molecular weight excluding hydrogens is 277 g/mol. The molecule has 0 N–H and O–H groups in total. The number of hydrogen-bond donors (Lipinski definition) is 0. The van der Waals surface area contributed by atoms with Crippen molar-refractivity contribution in [2.24, 2.45) is 11.8 Å². The number of fused-ring (bicyclic) bond motifs is 2. The van der Waals surface area contributed by atoms with Gasteiger partial charge in [-0.15, -0.1) is 0 Å². The average Bonchev–Trinajstić information content (AvgIpc) is 2.54. The Hall–Kier alpha value is -0.970. The zero-order chi connectivity index (χ0) is 13.4. The monoisotopic (exact) mass is 291 g/mol. The van der Waals surface area contributed by atoms with Crippen LogP contribution in [0.5, 0.6) is 0 Å². The number of aryl methyl sites for hydroxylation is 1. The normalized spacial score (nSPS) is 29.5. The molecule has 0 saturated carbocycles. The maximum Gasteiger partial charge on any atom is 0.0749 e. The van der Waals surface area contributed by atoms with Crippen LogP contribution in [0.15, 0.2) is 29.3 Å². The maximum atomic E-state index is 9.60. The SMILES string of the molecule is N#CC1c2ccc(Cl)cc2CCC2C=C(Cl)CCC21. The molecule has 0 radical (unpaired) electrons. The Kier molecular flexibility index (Phi) is 3.56. The van der Waals surface area contributed by atoms with Crippen molar-refractivity contribution >= 4 is 23.2 Å². The second kappa shape index (κ2) is 5.19. The molecule has 1 nitrogen and oxygen atoms in total. The Morgan fingerprint density at radius 1 is 1.16 bits per heavy atom. The highest BCUT2D eigenvalue weighted by molar-refractivity contribution is 6.30. The Morgan fingerprint density at radius 2 is 2.00 bits per heavy atom. The quantitative estimate of drug-likeness (QED) is 0.657. The fourth-order valence-corrected chi connectivity index (χ4v) is 3.95. The summed E-state index contributed by atoms with van der Waals surface area (Å²) in [5.74, 6) is 0.799. The highest BCUT2D eigenvalue weighted by Gasteiger charge is 2.35. The predicted molar refractivity (Wildman–Crippen MR) is 78.3 cm³/mol. The summed E-state index contributed by atoms with van der Waals surface area (Å²) in [5, 5.41) is 11.3. The van der Waals surface area contributed by atoms with Crippen molar-refractivity contribution in [3.63, 3.8) is 0 Å². The lowest BCUT2D eigenvalue weighted by atomic mass is 9.74. The van der Waals surface area contributed by atoms with Crippen LogP contribution >= 0.6 is 23.2 Å². The number of benzene rings is 1. The van der Waals surface area contributed by atoms with E-state index in [4.69, 9.17) is 23.2 Å². The van der Waals surface area contributed by atoms with Crippen molar-refractivity contribution in [1.29, 1.82) is 5.26 Å². The summed E-state index contributed by atoms with van der Waals surface area (Å²) in [5.41, 5.74) is 2.41. The third-order valence-corrected chi connectivity index (χ3v) is 4.97. The van der Waals surface area contributed by atoms with E-state index in [2.05, 4.69) is 12.1 Å². The number of halogens is 2. The first-order valence-electron chi connectivity index (χ1n) is 6.73. The molecule has 1 aromatic rings. The lowest BCUT2D eigenvalue weighted by Crippen LogP contribution is -2.22. The van der Waals surface area contributed by atoms with E-state index in [1.54, 1.807) is 0 Å². The summed E-state index contributed by atoms with van der Waals surface area (Å²) in [6, 6.07) is 8.47. The van der Waals surface area contributed by atoms with Crippen molar-refractivity contribution in [2.75, 3.05) is 0 Å². The number of rotatable bonds is 0. The minimum absolute atomic E-state index is 0.0271. The minimum atomic E-state index is -0.0271. The summed E-state index contributed by atoms with van der Waals surface area (Å²) in [4.78, 5) is 0. The van der Waals surface area contributed by atoms with Gasteiger partial charge in [0.05, 0.1) is 12.0 Å². The highest BCUT2D eigenvalue weighted by atomic mass is 35.5. The first-order chi connectivity index (χ1) is 9.19. The van der Waals surface area contributed by atoms with Gasteiger partial charge in [0.1, 0.15) is 0 Å². The zero-order valence-electron chi connectivity index (χ0n) is 10.6. The highest BCUT2D eigenvalue weighted by Crippen LogP contribution is 2.45. The van der Waals surface area contributed by atoms with Crippen molar-refractivity contribution < 1.29 is 0 Å². The van der Waals surface area contributed by atoms with Crippen LogP contribution in [0, 0.1) is 23.2 Å². The van der Waals surface area contributed by atoms with E-state index in [0.29, 0.717) is 11.8 Å². The molecule has 3 heteroatoms. The van der Waals surface area contributed by atoms with Gasteiger partial charge in [-0.3, -0.25) is 0 Å². The molecule has 19 heavy (non-hydrogen) atoms. The van der Waals surface area contributed by atoms with E-state index in [1.165, 1.54) is 11.1 Å². The van der Waals surface area contributed by atoms with Gasteiger partial charge in [-0.2, -0.15) is 5.26 Å². The van der Waals surface area contributed by atoms with Gasteiger partial charge in [-0.05, 0) is 60.8 Å². The second-order valence-electron chi connectivity index (χ2n) is 5.47. The molecule has 0 amide bonds. The molecule has 0 bridgehead atoms. The fraction of sp³-hybridized carbons (Fsp3) is 0.438. The summed E-state index contributed by atoms with van der Waals surface area (Å²) in [7, 11) is 0. The molecule has 98 valence electrons. The molecule has 0 spiro atoms. The molecule has 0 heterocycles. The smallest absolute Gasteiger partial charge is 0.0749 e. The molecule has 2 aliphatic rings. The summed E-state index contributed by atoms with van der Waals surface area (Å²) >= 11 is 12.3. The second-order valence-corrected chi connectivity index (χ2v) is 6.39. The van der Waals surface area contributed by atoms with Crippen LogP contribution in [0.2, 0.25) is 5.02 Å². The summed E-state index contributed by atoms with van der Waals surface area (Å²) in [6.45, 7) is 0. The standard InChI is InChI=1S/C16H15Cl2N/c17-12-3-5-14-10(7-12)1-2-11-8-13(18)4-6-15(11)16(14)9-19/h3,5,7-8,11,15-16H,1-2,4,6H2. The van der Waals surface area contributed by atoms with Crippen molar-refractivity contribution in [3.05, 3.63) is 45.5 Å². The van der Waals surface area contributed by atoms with E-state index in [9.17, 15) is 5.26 Å². The van der Waals surface area contributed by atoms with Crippen molar-refractivity contribution in [3.8, 4) is 6.07 Å². The van der Waals surface area contributed by atoms with Crippen molar-refractivity contribution in [2.45, 2.75) is 31.6 Å². The van der Waals surface area contributed by atoms with E-state index >= 15 is 0 Å². The third kappa shape index (κ3) is 2.40. The van der Waals surface area contributed by atoms with Gasteiger partial charge in [-0.25, -0.2) is 0 Å². The van der Waals surface area contributed by atoms with Crippen LogP contribution in [-0.4, -0.2) is 0 Å². The number of nitriles is 1. The van der Waals surface area contributed by atoms with Gasteiger partial charge in [0, 0.05) is 10.1 Å². The molecule has 0 aliphatic heterocycles. The molecule has 3 unspecified atom stereocenters. The maximum absolute atomic E-state index is 9.60. The van der Waals surface area contributed by atoms with Crippen LogP contribution in [0.25, 0.3) is 0 Å². The van der Waals surface area contributed by atoms with Gasteiger partial charge in [0.25, 0.3) is 0 Å². The lowest BCUT2D eigenvalue weighted by Gasteiger charge is -2.30. The first kappa shape index (κ1) is 13.0. The largest absolute Gasteiger partial charge is 0.198 e. The number of hydrogen-bond acceptors (Lipinski definition) is 1. The van der Waals surface area contributed by atoms with Crippen LogP contribution in [0.3, 0.4) is 0 Å². The Bertz CT molecular complexity index is 571. The van der Waals surface area contributed by atoms with Crippen LogP contribution < -0.4 is 0 Å². The first-order valence-corrected chi connectivity index (χ1v) is 7.49. The molecule has 3 rings (SSSR count). The third-order valence-electron chi connectivity index (χ3n) is 4.42. The fourth-order valence-electron chi connectivity index (χ4n) is 3.48. The molecule has 1 aromatic carbocycles. The lowest BCUT2D eigenvalue weighted by molar-refractivity contribution is 0.323. The molecule has 0 saturated heterocycles. The Morgan fingerprint density at radius 3 is 2.79 bits per heavy atom. The Balaban J connectivity index is 2.05. The van der Waals surface area contributed by atoms with Gasteiger partial charge in [0.2, 0.25) is 0 Å². The predicted octanol–water partition coefficient (Wildman–Crippen LogP) is 5.04. The Labute approximate surface area is 123 Å². The minimum Gasteiger partial charge on any atom is -0.198 e. The van der Waals surface area contributed by atoms with Gasteiger partial charge in [0.15, 0.2) is 0 Å².